The predicted octanol–water partition coefficient (Wildman–Crippen LogP) is 1.82. The Morgan fingerprint density at radius 2 is 2.20 bits per heavy atom. The number of fused-ring (bicyclic) bond motifs is 1. The van der Waals surface area contributed by atoms with Crippen LogP contribution < -0.4 is 10.9 Å². The number of ether oxygens (including phenoxy) is 1. The fourth-order valence-electron chi connectivity index (χ4n) is 1.94. The van der Waals surface area contributed by atoms with E-state index in [1.165, 1.54) is 34.4 Å². The molecule has 0 saturated heterocycles. The summed E-state index contributed by atoms with van der Waals surface area (Å²) in [5.74, 6) is -0.804. The van der Waals surface area contributed by atoms with Crippen molar-refractivity contribution in [3.8, 4) is 0 Å². The van der Waals surface area contributed by atoms with Gasteiger partial charge >= 0.3 is 5.97 Å². The van der Waals surface area contributed by atoms with Gasteiger partial charge in [-0.25, -0.2) is 9.97 Å². The number of hydrogen-bond donors (Lipinski definition) is 1. The third kappa shape index (κ3) is 4.06. The molecule has 3 aromatic rings. The maximum absolute atomic E-state index is 12.6. The molecule has 0 aliphatic rings. The standard InChI is InChI=1S/C14H12N4O4S3/c1-22-10(20)6-18-12(21)11-8(2-4-23-11)16-14(18)25-7-9(19)17-13-15-3-5-24-13/h2-5H,6-7H2,1H3,(H,15,17,19). The molecule has 1 amide bonds. The van der Waals surface area contributed by atoms with Gasteiger partial charge in [0.15, 0.2) is 10.3 Å². The molecule has 1 N–H and O–H groups in total. The summed E-state index contributed by atoms with van der Waals surface area (Å²) in [5.41, 5.74) is 0.215. The van der Waals surface area contributed by atoms with Crippen molar-refractivity contribution >= 4 is 61.7 Å². The summed E-state index contributed by atoms with van der Waals surface area (Å²) in [7, 11) is 1.25. The molecule has 0 radical (unpaired) electrons. The predicted molar refractivity (Wildman–Crippen MR) is 97.4 cm³/mol. The van der Waals surface area contributed by atoms with Gasteiger partial charge in [0, 0.05) is 11.6 Å². The van der Waals surface area contributed by atoms with Crippen molar-refractivity contribution in [1.82, 2.24) is 14.5 Å². The monoisotopic (exact) mass is 396 g/mol. The van der Waals surface area contributed by atoms with Crippen LogP contribution in [0.5, 0.6) is 0 Å². The zero-order chi connectivity index (χ0) is 17.8. The molecule has 25 heavy (non-hydrogen) atoms. The molecular formula is C14H12N4O4S3. The van der Waals surface area contributed by atoms with Crippen LogP contribution in [0.1, 0.15) is 0 Å². The fourth-order valence-corrected chi connectivity index (χ4v) is 4.06. The number of thiophene rings is 1. The Morgan fingerprint density at radius 1 is 1.36 bits per heavy atom. The van der Waals surface area contributed by atoms with Crippen LogP contribution in [-0.4, -0.2) is 39.3 Å². The van der Waals surface area contributed by atoms with Gasteiger partial charge in [0.2, 0.25) is 5.91 Å². The number of esters is 1. The number of methoxy groups -OCH3 is 1. The Labute approximate surface area is 153 Å². The van der Waals surface area contributed by atoms with Crippen molar-refractivity contribution in [2.75, 3.05) is 18.2 Å². The van der Waals surface area contributed by atoms with E-state index in [0.717, 1.165) is 11.8 Å². The van der Waals surface area contributed by atoms with Crippen LogP contribution in [0.2, 0.25) is 0 Å². The number of nitrogens with zero attached hydrogens (tertiary/aromatic N) is 3. The van der Waals surface area contributed by atoms with Crippen LogP contribution in [-0.2, 0) is 20.9 Å². The Kier molecular flexibility index (Phi) is 5.46. The molecular weight excluding hydrogens is 384 g/mol. The number of carbonyl (C=O) groups excluding carboxylic acids is 2. The molecule has 0 aliphatic heterocycles. The lowest BCUT2D eigenvalue weighted by Crippen LogP contribution is -2.27. The topological polar surface area (TPSA) is 103 Å². The smallest absolute Gasteiger partial charge is 0.325 e. The lowest BCUT2D eigenvalue weighted by molar-refractivity contribution is -0.141. The lowest BCUT2D eigenvalue weighted by atomic mass is 10.4. The average Bonchev–Trinajstić information content (AvgIpc) is 3.27. The lowest BCUT2D eigenvalue weighted by Gasteiger charge is -2.10. The van der Waals surface area contributed by atoms with Crippen LogP contribution in [0.25, 0.3) is 10.2 Å². The van der Waals surface area contributed by atoms with Crippen LogP contribution in [0.3, 0.4) is 0 Å². The van der Waals surface area contributed by atoms with Gasteiger partial charge in [0.25, 0.3) is 5.56 Å². The van der Waals surface area contributed by atoms with Gasteiger partial charge in [-0.05, 0) is 11.4 Å². The number of thioether (sulfide) groups is 1. The summed E-state index contributed by atoms with van der Waals surface area (Å²) in [5, 5.41) is 6.95. The van der Waals surface area contributed by atoms with Crippen molar-refractivity contribution in [2.45, 2.75) is 11.7 Å². The molecule has 0 aliphatic carbocycles. The highest BCUT2D eigenvalue weighted by Gasteiger charge is 2.17. The molecule has 3 aromatic heterocycles. The van der Waals surface area contributed by atoms with Gasteiger partial charge in [0.1, 0.15) is 11.2 Å². The van der Waals surface area contributed by atoms with E-state index in [2.05, 4.69) is 20.0 Å². The second kappa shape index (κ2) is 7.76. The number of thiazole rings is 1. The third-order valence-corrected chi connectivity index (χ3v) is 5.61. The van der Waals surface area contributed by atoms with Crippen LogP contribution >= 0.6 is 34.4 Å². The fraction of sp³-hybridized carbons (Fsp3) is 0.214. The van der Waals surface area contributed by atoms with Gasteiger partial charge < -0.3 is 10.1 Å². The number of hydrogen-bond acceptors (Lipinski definition) is 9. The van der Waals surface area contributed by atoms with Gasteiger partial charge in [-0.1, -0.05) is 11.8 Å². The summed E-state index contributed by atoms with van der Waals surface area (Å²) in [4.78, 5) is 44.5. The van der Waals surface area contributed by atoms with Crippen LogP contribution in [0.4, 0.5) is 5.13 Å². The van der Waals surface area contributed by atoms with Crippen LogP contribution in [0.15, 0.2) is 33.0 Å². The molecule has 0 saturated carbocycles. The maximum Gasteiger partial charge on any atom is 0.325 e. The van der Waals surface area contributed by atoms with E-state index >= 15 is 0 Å². The van der Waals surface area contributed by atoms with Crippen molar-refractivity contribution in [2.24, 2.45) is 0 Å². The molecule has 130 valence electrons. The van der Waals surface area contributed by atoms with E-state index in [0.29, 0.717) is 15.3 Å². The van der Waals surface area contributed by atoms with E-state index in [1.54, 1.807) is 23.0 Å². The highest BCUT2D eigenvalue weighted by Crippen LogP contribution is 2.21. The molecule has 0 spiro atoms. The van der Waals surface area contributed by atoms with Crippen molar-refractivity contribution in [3.63, 3.8) is 0 Å². The Balaban J connectivity index is 1.83. The van der Waals surface area contributed by atoms with Crippen molar-refractivity contribution < 1.29 is 14.3 Å². The summed E-state index contributed by atoms with van der Waals surface area (Å²) in [6.07, 6.45) is 1.59. The molecule has 3 rings (SSSR count). The summed E-state index contributed by atoms with van der Waals surface area (Å²) in [6.45, 7) is -0.257. The molecule has 0 bridgehead atoms. The summed E-state index contributed by atoms with van der Waals surface area (Å²) >= 11 is 3.64. The van der Waals surface area contributed by atoms with E-state index in [9.17, 15) is 14.4 Å². The minimum absolute atomic E-state index is 0.0306. The molecule has 0 atom stereocenters. The Bertz CT molecular complexity index is 964. The molecule has 11 heteroatoms. The maximum atomic E-state index is 12.6. The second-order valence-corrected chi connectivity index (χ2v) is 7.42. The van der Waals surface area contributed by atoms with E-state index in [1.807, 2.05) is 0 Å². The first-order chi connectivity index (χ1) is 12.1. The second-order valence-electron chi connectivity index (χ2n) is 4.67. The van der Waals surface area contributed by atoms with Crippen molar-refractivity contribution in [3.05, 3.63) is 33.4 Å². The molecule has 3 heterocycles. The normalized spacial score (nSPS) is 10.8. The zero-order valence-corrected chi connectivity index (χ0v) is 15.4. The van der Waals surface area contributed by atoms with E-state index in [4.69, 9.17) is 0 Å². The van der Waals surface area contributed by atoms with Gasteiger partial charge in [-0.3, -0.25) is 19.0 Å². The number of rotatable bonds is 6. The first-order valence-corrected chi connectivity index (χ1v) is 9.70. The number of carbonyl (C=O) groups is 2. The quantitative estimate of drug-likeness (QED) is 0.385. The van der Waals surface area contributed by atoms with Crippen molar-refractivity contribution in [1.29, 1.82) is 0 Å². The number of aromatic nitrogens is 3. The minimum atomic E-state index is -0.561. The largest absolute Gasteiger partial charge is 0.468 e. The average molecular weight is 396 g/mol. The minimum Gasteiger partial charge on any atom is -0.468 e. The zero-order valence-electron chi connectivity index (χ0n) is 12.9. The number of nitrogens with one attached hydrogen (secondary N) is 1. The number of amides is 1. The van der Waals surface area contributed by atoms with E-state index in [-0.39, 0.29) is 28.9 Å². The molecule has 0 fully saturated rings. The van der Waals surface area contributed by atoms with Crippen LogP contribution in [0, 0.1) is 0 Å². The number of anilines is 1. The van der Waals surface area contributed by atoms with Gasteiger partial charge in [-0.15, -0.1) is 22.7 Å². The van der Waals surface area contributed by atoms with Gasteiger partial charge in [0.05, 0.1) is 18.4 Å². The SMILES string of the molecule is COC(=O)Cn1c(SCC(=O)Nc2nccs2)nc2ccsc2c1=O. The first-order valence-electron chi connectivity index (χ1n) is 6.95. The first kappa shape index (κ1) is 17.6. The Morgan fingerprint density at radius 3 is 2.92 bits per heavy atom. The molecule has 0 aromatic carbocycles. The molecule has 0 unspecified atom stereocenters. The third-order valence-electron chi connectivity index (χ3n) is 3.06. The highest BCUT2D eigenvalue weighted by molar-refractivity contribution is 7.99. The Hall–Kier alpha value is -2.24. The summed E-state index contributed by atoms with van der Waals surface area (Å²) in [6, 6.07) is 1.73. The molecule has 8 nitrogen and oxygen atoms in total. The van der Waals surface area contributed by atoms with Gasteiger partial charge in [-0.2, -0.15) is 0 Å². The van der Waals surface area contributed by atoms with E-state index < -0.39 is 5.97 Å². The highest BCUT2D eigenvalue weighted by atomic mass is 32.2. The summed E-state index contributed by atoms with van der Waals surface area (Å²) < 4.78 is 6.32.